The molecule has 0 radical (unpaired) electrons. The normalized spacial score (nSPS) is 10.3. The lowest BCUT2D eigenvalue weighted by molar-refractivity contribution is -0.121. The van der Waals surface area contributed by atoms with Crippen LogP contribution in [0.2, 0.25) is 0 Å². The molecule has 1 aromatic heterocycles. The van der Waals surface area contributed by atoms with Crippen LogP contribution in [0.1, 0.15) is 27.9 Å². The van der Waals surface area contributed by atoms with Crippen molar-refractivity contribution in [3.63, 3.8) is 0 Å². The zero-order chi connectivity index (χ0) is 16.8. The molecule has 0 atom stereocenters. The molecule has 1 aromatic carbocycles. The highest BCUT2D eigenvalue weighted by atomic mass is 19.1. The SMILES string of the molecule is NC(=O)c1cc(F)ccc1CCC(=O)NCc1ccc(N)nc1. The third-order valence-corrected chi connectivity index (χ3v) is 3.30. The van der Waals surface area contributed by atoms with Gasteiger partial charge in [0.05, 0.1) is 0 Å². The van der Waals surface area contributed by atoms with Crippen LogP contribution in [-0.4, -0.2) is 16.8 Å². The van der Waals surface area contributed by atoms with Crippen molar-refractivity contribution in [3.05, 3.63) is 59.0 Å². The van der Waals surface area contributed by atoms with Gasteiger partial charge in [0.15, 0.2) is 0 Å². The number of nitrogens with zero attached hydrogens (tertiary/aromatic N) is 1. The molecule has 23 heavy (non-hydrogen) atoms. The molecule has 0 spiro atoms. The Kier molecular flexibility index (Phi) is 5.24. The highest BCUT2D eigenvalue weighted by molar-refractivity contribution is 5.94. The number of amides is 2. The van der Waals surface area contributed by atoms with Crippen molar-refractivity contribution in [1.29, 1.82) is 0 Å². The molecule has 0 fully saturated rings. The van der Waals surface area contributed by atoms with Crippen LogP contribution < -0.4 is 16.8 Å². The van der Waals surface area contributed by atoms with Gasteiger partial charge in [-0.2, -0.15) is 0 Å². The summed E-state index contributed by atoms with van der Waals surface area (Å²) in [5, 5.41) is 2.74. The van der Waals surface area contributed by atoms with E-state index in [0.717, 1.165) is 11.6 Å². The first-order valence-corrected chi connectivity index (χ1v) is 7.01. The Hall–Kier alpha value is -2.96. The number of carbonyl (C=O) groups excluding carboxylic acids is 2. The second kappa shape index (κ2) is 7.35. The first-order valence-electron chi connectivity index (χ1n) is 7.01. The number of anilines is 1. The molecule has 1 heterocycles. The zero-order valence-corrected chi connectivity index (χ0v) is 12.4. The van der Waals surface area contributed by atoms with Crippen molar-refractivity contribution >= 4 is 17.6 Å². The second-order valence-corrected chi connectivity index (χ2v) is 5.03. The van der Waals surface area contributed by atoms with Gasteiger partial charge in [0, 0.05) is 24.7 Å². The van der Waals surface area contributed by atoms with E-state index in [9.17, 15) is 14.0 Å². The van der Waals surface area contributed by atoms with E-state index in [2.05, 4.69) is 10.3 Å². The van der Waals surface area contributed by atoms with Crippen LogP contribution in [0.15, 0.2) is 36.5 Å². The summed E-state index contributed by atoms with van der Waals surface area (Å²) in [6.45, 7) is 0.332. The molecule has 0 bridgehead atoms. The molecule has 2 rings (SSSR count). The fourth-order valence-corrected chi connectivity index (χ4v) is 2.07. The van der Waals surface area contributed by atoms with Gasteiger partial charge in [0.2, 0.25) is 11.8 Å². The van der Waals surface area contributed by atoms with Gasteiger partial charge in [-0.15, -0.1) is 0 Å². The summed E-state index contributed by atoms with van der Waals surface area (Å²) in [7, 11) is 0. The van der Waals surface area contributed by atoms with Gasteiger partial charge in [0.25, 0.3) is 0 Å². The van der Waals surface area contributed by atoms with Crippen LogP contribution in [-0.2, 0) is 17.8 Å². The van der Waals surface area contributed by atoms with Crippen LogP contribution in [0.3, 0.4) is 0 Å². The average molecular weight is 316 g/mol. The highest BCUT2D eigenvalue weighted by Crippen LogP contribution is 2.13. The van der Waals surface area contributed by atoms with E-state index in [4.69, 9.17) is 11.5 Å². The maximum Gasteiger partial charge on any atom is 0.249 e. The number of nitrogen functional groups attached to an aromatic ring is 1. The quantitative estimate of drug-likeness (QED) is 0.742. The zero-order valence-electron chi connectivity index (χ0n) is 12.4. The number of aromatic nitrogens is 1. The van der Waals surface area contributed by atoms with Gasteiger partial charge in [-0.25, -0.2) is 9.37 Å². The minimum absolute atomic E-state index is 0.0977. The summed E-state index contributed by atoms with van der Waals surface area (Å²) < 4.78 is 13.1. The third-order valence-electron chi connectivity index (χ3n) is 3.30. The third kappa shape index (κ3) is 4.77. The van der Waals surface area contributed by atoms with E-state index in [0.29, 0.717) is 24.3 Å². The number of hydrogen-bond donors (Lipinski definition) is 3. The maximum atomic E-state index is 13.1. The Bertz CT molecular complexity index is 717. The molecule has 0 saturated heterocycles. The summed E-state index contributed by atoms with van der Waals surface area (Å²) in [5.41, 5.74) is 12.2. The number of halogens is 1. The molecule has 6 nitrogen and oxygen atoms in total. The summed E-state index contributed by atoms with van der Waals surface area (Å²) in [6.07, 6.45) is 2.04. The molecular formula is C16H17FN4O2. The minimum Gasteiger partial charge on any atom is -0.384 e. The molecule has 0 aliphatic rings. The van der Waals surface area contributed by atoms with Crippen LogP contribution in [0, 0.1) is 5.82 Å². The Balaban J connectivity index is 1.89. The van der Waals surface area contributed by atoms with Gasteiger partial charge >= 0.3 is 0 Å². The predicted molar refractivity (Wildman–Crippen MR) is 83.7 cm³/mol. The summed E-state index contributed by atoms with van der Waals surface area (Å²) in [5.74, 6) is -1.03. The number of pyridine rings is 1. The van der Waals surface area contributed by atoms with E-state index in [1.54, 1.807) is 18.3 Å². The number of benzene rings is 1. The van der Waals surface area contributed by atoms with Crippen molar-refractivity contribution < 1.29 is 14.0 Å². The minimum atomic E-state index is -0.715. The van der Waals surface area contributed by atoms with Crippen molar-refractivity contribution in [2.45, 2.75) is 19.4 Å². The number of nitrogens with two attached hydrogens (primary N) is 2. The van der Waals surface area contributed by atoms with Gasteiger partial charge in [-0.05, 0) is 35.7 Å². The number of primary amides is 1. The number of carbonyl (C=O) groups is 2. The van der Waals surface area contributed by atoms with Gasteiger partial charge in [0.1, 0.15) is 11.6 Å². The van der Waals surface area contributed by atoms with Gasteiger partial charge in [-0.3, -0.25) is 9.59 Å². The second-order valence-electron chi connectivity index (χ2n) is 5.03. The highest BCUT2D eigenvalue weighted by Gasteiger charge is 2.11. The Morgan fingerprint density at radius 2 is 2.00 bits per heavy atom. The first-order chi connectivity index (χ1) is 11.0. The molecule has 0 saturated carbocycles. The molecule has 0 aliphatic carbocycles. The van der Waals surface area contributed by atoms with E-state index in [-0.39, 0.29) is 17.9 Å². The predicted octanol–water partition coefficient (Wildman–Crippen LogP) is 1.15. The van der Waals surface area contributed by atoms with Crippen molar-refractivity contribution in [1.82, 2.24) is 10.3 Å². The first kappa shape index (κ1) is 16.4. The fourth-order valence-electron chi connectivity index (χ4n) is 2.07. The lowest BCUT2D eigenvalue weighted by Gasteiger charge is -2.08. The fraction of sp³-hybridized carbons (Fsp3) is 0.188. The lowest BCUT2D eigenvalue weighted by atomic mass is 10.0. The maximum absolute atomic E-state index is 13.1. The largest absolute Gasteiger partial charge is 0.384 e. The van der Waals surface area contributed by atoms with E-state index < -0.39 is 11.7 Å². The van der Waals surface area contributed by atoms with Gasteiger partial charge in [-0.1, -0.05) is 12.1 Å². The Labute approximate surface area is 132 Å². The van der Waals surface area contributed by atoms with E-state index >= 15 is 0 Å². The lowest BCUT2D eigenvalue weighted by Crippen LogP contribution is -2.23. The monoisotopic (exact) mass is 316 g/mol. The Morgan fingerprint density at radius 1 is 1.22 bits per heavy atom. The number of hydrogen-bond acceptors (Lipinski definition) is 4. The summed E-state index contributed by atoms with van der Waals surface area (Å²) in [4.78, 5) is 27.1. The Morgan fingerprint density at radius 3 is 2.65 bits per heavy atom. The van der Waals surface area contributed by atoms with E-state index in [1.165, 1.54) is 12.1 Å². The van der Waals surface area contributed by atoms with Gasteiger partial charge < -0.3 is 16.8 Å². The van der Waals surface area contributed by atoms with Crippen molar-refractivity contribution in [2.75, 3.05) is 5.73 Å². The van der Waals surface area contributed by atoms with E-state index in [1.807, 2.05) is 0 Å². The number of rotatable bonds is 6. The van der Waals surface area contributed by atoms with Crippen LogP contribution in [0.4, 0.5) is 10.2 Å². The molecule has 0 unspecified atom stereocenters. The molecule has 0 aliphatic heterocycles. The van der Waals surface area contributed by atoms with Crippen molar-refractivity contribution in [3.8, 4) is 0 Å². The number of aryl methyl sites for hydroxylation is 1. The molecule has 5 N–H and O–H groups in total. The average Bonchev–Trinajstić information content (AvgIpc) is 2.53. The number of nitrogens with one attached hydrogen (secondary N) is 1. The molecule has 2 amide bonds. The molecular weight excluding hydrogens is 299 g/mol. The molecule has 2 aromatic rings. The smallest absolute Gasteiger partial charge is 0.249 e. The molecule has 120 valence electrons. The van der Waals surface area contributed by atoms with Crippen LogP contribution in [0.5, 0.6) is 0 Å². The topological polar surface area (TPSA) is 111 Å². The summed E-state index contributed by atoms with van der Waals surface area (Å²) >= 11 is 0. The summed E-state index contributed by atoms with van der Waals surface area (Å²) in [6, 6.07) is 7.20. The van der Waals surface area contributed by atoms with Crippen LogP contribution >= 0.6 is 0 Å². The standard InChI is InChI=1S/C16H17FN4O2/c17-12-4-2-11(13(7-12)16(19)23)3-6-15(22)21-9-10-1-5-14(18)20-8-10/h1-2,4-5,7-8H,3,6,9H2,(H2,18,20)(H2,19,23)(H,21,22). The van der Waals surface area contributed by atoms with Crippen LogP contribution in [0.25, 0.3) is 0 Å². The molecule has 7 heteroatoms. The van der Waals surface area contributed by atoms with Crippen molar-refractivity contribution in [2.24, 2.45) is 5.73 Å².